The maximum absolute atomic E-state index is 11.1. The minimum Gasteiger partial charge on any atom is -0.504 e. The number of phenols is 1. The predicted molar refractivity (Wildman–Crippen MR) is 75.4 cm³/mol. The lowest BCUT2D eigenvalue weighted by molar-refractivity contribution is 0.0698. The SMILES string of the molecule is COc1cc(CNc2ccccc2C(=O)O)ccc1O. The normalized spacial score (nSPS) is 10.1. The molecule has 3 N–H and O–H groups in total. The molecule has 0 fully saturated rings. The lowest BCUT2D eigenvalue weighted by Crippen LogP contribution is -2.06. The molecular weight excluding hydrogens is 258 g/mol. The minimum absolute atomic E-state index is 0.0715. The molecule has 2 aromatic rings. The minimum atomic E-state index is -0.976. The van der Waals surface area contributed by atoms with Gasteiger partial charge in [-0.1, -0.05) is 18.2 Å². The summed E-state index contributed by atoms with van der Waals surface area (Å²) >= 11 is 0. The number of carboxylic acid groups (broad SMARTS) is 1. The van der Waals surface area contributed by atoms with Gasteiger partial charge in [-0.15, -0.1) is 0 Å². The molecule has 0 unspecified atom stereocenters. The van der Waals surface area contributed by atoms with E-state index in [2.05, 4.69) is 5.32 Å². The number of phenolic OH excluding ortho intramolecular Hbond substituents is 1. The molecule has 2 rings (SSSR count). The van der Waals surface area contributed by atoms with Gasteiger partial charge in [0, 0.05) is 12.2 Å². The lowest BCUT2D eigenvalue weighted by Gasteiger charge is -2.11. The maximum atomic E-state index is 11.1. The first-order valence-corrected chi connectivity index (χ1v) is 6.04. The summed E-state index contributed by atoms with van der Waals surface area (Å²) < 4.78 is 5.03. The Hall–Kier alpha value is -2.69. The summed E-state index contributed by atoms with van der Waals surface area (Å²) in [5.74, 6) is -0.519. The number of benzene rings is 2. The number of hydrogen-bond acceptors (Lipinski definition) is 4. The van der Waals surface area contributed by atoms with Crippen LogP contribution in [0.1, 0.15) is 15.9 Å². The fraction of sp³-hybridized carbons (Fsp3) is 0.133. The molecule has 0 aliphatic rings. The van der Waals surface area contributed by atoms with Crippen molar-refractivity contribution < 1.29 is 19.7 Å². The predicted octanol–water partition coefficient (Wildman–Crippen LogP) is 2.71. The van der Waals surface area contributed by atoms with Crippen LogP contribution in [0.2, 0.25) is 0 Å². The molecule has 0 radical (unpaired) electrons. The van der Waals surface area contributed by atoms with Gasteiger partial charge in [0.15, 0.2) is 11.5 Å². The number of nitrogens with one attached hydrogen (secondary N) is 1. The van der Waals surface area contributed by atoms with Crippen LogP contribution in [0, 0.1) is 0 Å². The van der Waals surface area contributed by atoms with Crippen molar-refractivity contribution in [3.05, 3.63) is 53.6 Å². The third-order valence-electron chi connectivity index (χ3n) is 2.88. The van der Waals surface area contributed by atoms with Crippen LogP contribution >= 0.6 is 0 Å². The second-order valence-corrected chi connectivity index (χ2v) is 4.21. The molecule has 0 saturated heterocycles. The highest BCUT2D eigenvalue weighted by Crippen LogP contribution is 2.26. The van der Waals surface area contributed by atoms with Gasteiger partial charge >= 0.3 is 5.97 Å². The van der Waals surface area contributed by atoms with E-state index >= 15 is 0 Å². The number of methoxy groups -OCH3 is 1. The van der Waals surface area contributed by atoms with E-state index < -0.39 is 5.97 Å². The van der Waals surface area contributed by atoms with E-state index in [1.807, 2.05) is 0 Å². The van der Waals surface area contributed by atoms with E-state index in [0.717, 1.165) is 5.56 Å². The van der Waals surface area contributed by atoms with Crippen LogP contribution in [0.15, 0.2) is 42.5 Å². The van der Waals surface area contributed by atoms with E-state index in [1.54, 1.807) is 42.5 Å². The first kappa shape index (κ1) is 13.7. The quantitative estimate of drug-likeness (QED) is 0.780. The van der Waals surface area contributed by atoms with E-state index in [4.69, 9.17) is 9.84 Å². The Kier molecular flexibility index (Phi) is 4.10. The monoisotopic (exact) mass is 273 g/mol. The van der Waals surface area contributed by atoms with Crippen LogP contribution < -0.4 is 10.1 Å². The zero-order valence-electron chi connectivity index (χ0n) is 11.0. The van der Waals surface area contributed by atoms with Crippen molar-refractivity contribution in [1.82, 2.24) is 0 Å². The highest BCUT2D eigenvalue weighted by molar-refractivity contribution is 5.94. The molecule has 0 amide bonds. The van der Waals surface area contributed by atoms with Crippen molar-refractivity contribution in [3.8, 4) is 11.5 Å². The molecular formula is C15H15NO4. The van der Waals surface area contributed by atoms with Gasteiger partial charge in [-0.05, 0) is 29.8 Å². The van der Waals surface area contributed by atoms with Crippen molar-refractivity contribution in [2.24, 2.45) is 0 Å². The van der Waals surface area contributed by atoms with Crippen LogP contribution in [0.25, 0.3) is 0 Å². The topological polar surface area (TPSA) is 78.8 Å². The van der Waals surface area contributed by atoms with Gasteiger partial charge in [0.25, 0.3) is 0 Å². The van der Waals surface area contributed by atoms with Gasteiger partial charge in [0.05, 0.1) is 12.7 Å². The molecule has 0 aliphatic carbocycles. The van der Waals surface area contributed by atoms with Crippen molar-refractivity contribution in [1.29, 1.82) is 0 Å². The van der Waals surface area contributed by atoms with Crippen LogP contribution in [-0.4, -0.2) is 23.3 Å². The number of aromatic hydroxyl groups is 1. The number of carboxylic acids is 1. The van der Waals surface area contributed by atoms with E-state index in [0.29, 0.717) is 18.0 Å². The average molecular weight is 273 g/mol. The van der Waals surface area contributed by atoms with E-state index in [-0.39, 0.29) is 11.3 Å². The molecule has 5 heteroatoms. The van der Waals surface area contributed by atoms with Crippen LogP contribution in [0.4, 0.5) is 5.69 Å². The summed E-state index contributed by atoms with van der Waals surface area (Å²) in [7, 11) is 1.48. The highest BCUT2D eigenvalue weighted by atomic mass is 16.5. The van der Waals surface area contributed by atoms with Crippen LogP contribution in [0.5, 0.6) is 11.5 Å². The van der Waals surface area contributed by atoms with E-state index in [1.165, 1.54) is 7.11 Å². The number of aromatic carboxylic acids is 1. The van der Waals surface area contributed by atoms with Crippen LogP contribution in [0.3, 0.4) is 0 Å². The lowest BCUT2D eigenvalue weighted by atomic mass is 10.1. The van der Waals surface area contributed by atoms with Crippen molar-refractivity contribution in [2.45, 2.75) is 6.54 Å². The Bertz CT molecular complexity index is 625. The van der Waals surface area contributed by atoms with Crippen molar-refractivity contribution >= 4 is 11.7 Å². The maximum Gasteiger partial charge on any atom is 0.337 e. The molecule has 0 atom stereocenters. The zero-order chi connectivity index (χ0) is 14.5. The Morgan fingerprint density at radius 2 is 2.00 bits per heavy atom. The number of ether oxygens (including phenoxy) is 1. The number of anilines is 1. The fourth-order valence-corrected chi connectivity index (χ4v) is 1.85. The zero-order valence-corrected chi connectivity index (χ0v) is 11.0. The van der Waals surface area contributed by atoms with Gasteiger partial charge in [-0.3, -0.25) is 0 Å². The number of rotatable bonds is 5. The molecule has 104 valence electrons. The fourth-order valence-electron chi connectivity index (χ4n) is 1.85. The third-order valence-corrected chi connectivity index (χ3v) is 2.88. The second kappa shape index (κ2) is 5.97. The van der Waals surface area contributed by atoms with Crippen molar-refractivity contribution in [3.63, 3.8) is 0 Å². The van der Waals surface area contributed by atoms with Gasteiger partial charge in [-0.25, -0.2) is 4.79 Å². The second-order valence-electron chi connectivity index (χ2n) is 4.21. The van der Waals surface area contributed by atoms with Gasteiger partial charge in [0.1, 0.15) is 0 Å². The summed E-state index contributed by atoms with van der Waals surface area (Å²) in [4.78, 5) is 11.1. The molecule has 2 aromatic carbocycles. The Labute approximate surface area is 116 Å². The Balaban J connectivity index is 2.15. The summed E-state index contributed by atoms with van der Waals surface area (Å²) in [6.45, 7) is 0.431. The molecule has 0 heterocycles. The summed E-state index contributed by atoms with van der Waals surface area (Å²) in [6.07, 6.45) is 0. The molecule has 20 heavy (non-hydrogen) atoms. The first-order chi connectivity index (χ1) is 9.61. The molecule has 0 aliphatic heterocycles. The van der Waals surface area contributed by atoms with Gasteiger partial charge < -0.3 is 20.3 Å². The number of hydrogen-bond donors (Lipinski definition) is 3. The summed E-state index contributed by atoms with van der Waals surface area (Å²) in [5.41, 5.74) is 1.64. The molecule has 0 spiro atoms. The standard InChI is InChI=1S/C15H15NO4/c1-20-14-8-10(6-7-13(14)17)9-16-12-5-3-2-4-11(12)15(18)19/h2-8,16-17H,9H2,1H3,(H,18,19). The van der Waals surface area contributed by atoms with Gasteiger partial charge in [0.2, 0.25) is 0 Å². The Morgan fingerprint density at radius 3 is 2.70 bits per heavy atom. The Morgan fingerprint density at radius 1 is 1.25 bits per heavy atom. The molecule has 0 bridgehead atoms. The smallest absolute Gasteiger partial charge is 0.337 e. The van der Waals surface area contributed by atoms with E-state index in [9.17, 15) is 9.90 Å². The summed E-state index contributed by atoms with van der Waals surface area (Å²) in [5, 5.41) is 21.7. The molecule has 0 aromatic heterocycles. The van der Waals surface area contributed by atoms with Gasteiger partial charge in [-0.2, -0.15) is 0 Å². The number of para-hydroxylation sites is 1. The van der Waals surface area contributed by atoms with Crippen molar-refractivity contribution in [2.75, 3.05) is 12.4 Å². The largest absolute Gasteiger partial charge is 0.504 e. The first-order valence-electron chi connectivity index (χ1n) is 6.04. The molecule has 5 nitrogen and oxygen atoms in total. The number of carbonyl (C=O) groups is 1. The average Bonchev–Trinajstić information content (AvgIpc) is 2.46. The van der Waals surface area contributed by atoms with Crippen LogP contribution in [-0.2, 0) is 6.54 Å². The highest BCUT2D eigenvalue weighted by Gasteiger charge is 2.09. The third kappa shape index (κ3) is 3.00. The molecule has 0 saturated carbocycles. The summed E-state index contributed by atoms with van der Waals surface area (Å²) in [6, 6.07) is 11.7.